The second kappa shape index (κ2) is 6.53. The van der Waals surface area contributed by atoms with Crippen LogP contribution in [-0.4, -0.2) is 18.6 Å². The molecule has 0 spiro atoms. The number of carbonyl (C=O) groups is 1. The van der Waals surface area contributed by atoms with Gasteiger partial charge < -0.3 is 4.74 Å². The van der Waals surface area contributed by atoms with E-state index < -0.39 is 0 Å². The highest BCUT2D eigenvalue weighted by molar-refractivity contribution is 9.10. The number of rotatable bonds is 6. The van der Waals surface area contributed by atoms with E-state index in [1.165, 1.54) is 5.56 Å². The van der Waals surface area contributed by atoms with Gasteiger partial charge in [0.2, 0.25) is 0 Å². The van der Waals surface area contributed by atoms with Crippen molar-refractivity contribution in [2.45, 2.75) is 38.8 Å². The van der Waals surface area contributed by atoms with Crippen molar-refractivity contribution >= 4 is 21.9 Å². The van der Waals surface area contributed by atoms with Crippen LogP contribution in [0, 0.1) is 5.92 Å². The molecule has 1 saturated carbocycles. The second-order valence-electron chi connectivity index (χ2n) is 5.01. The van der Waals surface area contributed by atoms with Gasteiger partial charge >= 0.3 is 5.97 Å². The Balaban J connectivity index is 2.00. The van der Waals surface area contributed by atoms with E-state index in [0.29, 0.717) is 12.5 Å². The van der Waals surface area contributed by atoms with E-state index in [1.807, 2.05) is 19.1 Å². The fraction of sp³-hybridized carbons (Fsp3) is 0.533. The fourth-order valence-corrected chi connectivity index (χ4v) is 2.44. The third kappa shape index (κ3) is 4.05. The molecule has 19 heavy (non-hydrogen) atoms. The van der Waals surface area contributed by atoms with Crippen molar-refractivity contribution in [3.05, 3.63) is 34.3 Å². The van der Waals surface area contributed by atoms with Gasteiger partial charge in [0.25, 0.3) is 0 Å². The number of halogens is 1. The van der Waals surface area contributed by atoms with Crippen molar-refractivity contribution in [3.63, 3.8) is 0 Å². The molecule has 1 aliphatic rings. The quantitative estimate of drug-likeness (QED) is 0.814. The minimum atomic E-state index is -0.168. The first-order chi connectivity index (χ1) is 9.11. The first kappa shape index (κ1) is 14.5. The van der Waals surface area contributed by atoms with Crippen LogP contribution < -0.4 is 5.32 Å². The molecule has 2 atom stereocenters. The summed E-state index contributed by atoms with van der Waals surface area (Å²) in [6.45, 7) is 4.37. The molecule has 1 aromatic rings. The molecule has 4 heteroatoms. The SMILES string of the molecule is CCOC(=O)[C@H](N[C@H](C)c1ccc(Br)cc1)C1CC1. The van der Waals surface area contributed by atoms with Crippen molar-refractivity contribution in [1.29, 1.82) is 0 Å². The summed E-state index contributed by atoms with van der Waals surface area (Å²) >= 11 is 3.43. The van der Waals surface area contributed by atoms with Crippen molar-refractivity contribution in [1.82, 2.24) is 5.32 Å². The summed E-state index contributed by atoms with van der Waals surface area (Å²) in [7, 11) is 0. The lowest BCUT2D eigenvalue weighted by atomic mass is 10.1. The molecule has 0 saturated heterocycles. The lowest BCUT2D eigenvalue weighted by molar-refractivity contribution is -0.146. The van der Waals surface area contributed by atoms with Gasteiger partial charge in [0.1, 0.15) is 6.04 Å². The molecule has 0 heterocycles. The average molecular weight is 326 g/mol. The van der Waals surface area contributed by atoms with Crippen molar-refractivity contribution < 1.29 is 9.53 Å². The van der Waals surface area contributed by atoms with Crippen LogP contribution in [-0.2, 0) is 9.53 Å². The minimum Gasteiger partial charge on any atom is -0.465 e. The van der Waals surface area contributed by atoms with Crippen LogP contribution in [0.3, 0.4) is 0 Å². The van der Waals surface area contributed by atoms with Crippen molar-refractivity contribution in [2.24, 2.45) is 5.92 Å². The maximum absolute atomic E-state index is 12.0. The van der Waals surface area contributed by atoms with Crippen LogP contribution in [0.4, 0.5) is 0 Å². The van der Waals surface area contributed by atoms with Crippen LogP contribution >= 0.6 is 15.9 Å². The minimum absolute atomic E-state index is 0.117. The second-order valence-corrected chi connectivity index (χ2v) is 5.92. The van der Waals surface area contributed by atoms with E-state index in [-0.39, 0.29) is 18.1 Å². The average Bonchev–Trinajstić information content (AvgIpc) is 3.21. The summed E-state index contributed by atoms with van der Waals surface area (Å²) in [4.78, 5) is 12.0. The van der Waals surface area contributed by atoms with E-state index in [4.69, 9.17) is 4.74 Å². The predicted octanol–water partition coefficient (Wildman–Crippen LogP) is 3.44. The van der Waals surface area contributed by atoms with E-state index in [9.17, 15) is 4.79 Å². The number of benzene rings is 1. The zero-order valence-electron chi connectivity index (χ0n) is 11.4. The lowest BCUT2D eigenvalue weighted by Gasteiger charge is -2.22. The van der Waals surface area contributed by atoms with Gasteiger partial charge in [0.15, 0.2) is 0 Å². The summed E-state index contributed by atoms with van der Waals surface area (Å²) in [5.41, 5.74) is 1.18. The maximum Gasteiger partial charge on any atom is 0.323 e. The van der Waals surface area contributed by atoms with E-state index >= 15 is 0 Å². The van der Waals surface area contributed by atoms with Gasteiger partial charge in [-0.15, -0.1) is 0 Å². The van der Waals surface area contributed by atoms with Gasteiger partial charge in [-0.05, 0) is 50.3 Å². The first-order valence-corrected chi connectivity index (χ1v) is 7.59. The number of hydrogen-bond acceptors (Lipinski definition) is 3. The first-order valence-electron chi connectivity index (χ1n) is 6.80. The Labute approximate surface area is 122 Å². The summed E-state index contributed by atoms with van der Waals surface area (Å²) in [6, 6.07) is 8.14. The molecular weight excluding hydrogens is 306 g/mol. The van der Waals surface area contributed by atoms with Crippen LogP contribution in [0.1, 0.15) is 38.3 Å². The van der Waals surface area contributed by atoms with E-state index in [1.54, 1.807) is 0 Å². The monoisotopic (exact) mass is 325 g/mol. The molecule has 104 valence electrons. The molecule has 0 amide bonds. The van der Waals surface area contributed by atoms with Gasteiger partial charge in [-0.2, -0.15) is 0 Å². The number of esters is 1. The Bertz CT molecular complexity index is 428. The normalized spacial score (nSPS) is 17.8. The molecule has 2 rings (SSSR count). The van der Waals surface area contributed by atoms with Crippen molar-refractivity contribution in [3.8, 4) is 0 Å². The van der Waals surface area contributed by atoms with Gasteiger partial charge in [-0.1, -0.05) is 28.1 Å². The maximum atomic E-state index is 12.0. The van der Waals surface area contributed by atoms with Crippen LogP contribution in [0.2, 0.25) is 0 Å². The summed E-state index contributed by atoms with van der Waals surface area (Å²) in [6.07, 6.45) is 2.23. The molecule has 1 fully saturated rings. The van der Waals surface area contributed by atoms with Gasteiger partial charge in [-0.25, -0.2) is 0 Å². The zero-order valence-corrected chi connectivity index (χ0v) is 12.9. The summed E-state index contributed by atoms with van der Waals surface area (Å²) < 4.78 is 6.21. The summed E-state index contributed by atoms with van der Waals surface area (Å²) in [5.74, 6) is 0.325. The van der Waals surface area contributed by atoms with Crippen LogP contribution in [0.25, 0.3) is 0 Å². The Morgan fingerprint density at radius 3 is 2.58 bits per heavy atom. The third-order valence-electron chi connectivity index (χ3n) is 3.43. The smallest absolute Gasteiger partial charge is 0.323 e. The molecule has 3 nitrogen and oxygen atoms in total. The predicted molar refractivity (Wildman–Crippen MR) is 78.8 cm³/mol. The van der Waals surface area contributed by atoms with Gasteiger partial charge in [-0.3, -0.25) is 10.1 Å². The highest BCUT2D eigenvalue weighted by Gasteiger charge is 2.37. The zero-order chi connectivity index (χ0) is 13.8. The standard InChI is InChI=1S/C15H20BrNO2/c1-3-19-15(18)14(12-4-5-12)17-10(2)11-6-8-13(16)9-7-11/h6-10,12,14,17H,3-5H2,1-2H3/t10-,14-/m1/s1. The number of ether oxygens (including phenoxy) is 1. The molecule has 0 aliphatic heterocycles. The largest absolute Gasteiger partial charge is 0.465 e. The van der Waals surface area contributed by atoms with Crippen LogP contribution in [0.15, 0.2) is 28.7 Å². The summed E-state index contributed by atoms with van der Waals surface area (Å²) in [5, 5.41) is 3.41. The topological polar surface area (TPSA) is 38.3 Å². The highest BCUT2D eigenvalue weighted by Crippen LogP contribution is 2.34. The molecular formula is C15H20BrNO2. The van der Waals surface area contributed by atoms with E-state index in [0.717, 1.165) is 17.3 Å². The Kier molecular flexibility index (Phi) is 4.99. The molecule has 1 aliphatic carbocycles. The number of hydrogen-bond donors (Lipinski definition) is 1. The molecule has 0 bridgehead atoms. The number of nitrogens with one attached hydrogen (secondary N) is 1. The van der Waals surface area contributed by atoms with E-state index in [2.05, 4.69) is 40.3 Å². The van der Waals surface area contributed by atoms with Gasteiger partial charge in [0, 0.05) is 10.5 Å². The highest BCUT2D eigenvalue weighted by atomic mass is 79.9. The lowest BCUT2D eigenvalue weighted by Crippen LogP contribution is -2.41. The Morgan fingerprint density at radius 1 is 1.42 bits per heavy atom. The number of carbonyl (C=O) groups excluding carboxylic acids is 1. The Hall–Kier alpha value is -0.870. The third-order valence-corrected chi connectivity index (χ3v) is 3.96. The van der Waals surface area contributed by atoms with Gasteiger partial charge in [0.05, 0.1) is 6.61 Å². The molecule has 1 aromatic carbocycles. The molecule has 1 N–H and O–H groups in total. The molecule has 0 unspecified atom stereocenters. The molecule has 0 aromatic heterocycles. The molecule has 0 radical (unpaired) electrons. The fourth-order valence-electron chi connectivity index (χ4n) is 2.18. The van der Waals surface area contributed by atoms with Crippen LogP contribution in [0.5, 0.6) is 0 Å². The van der Waals surface area contributed by atoms with Crippen molar-refractivity contribution in [2.75, 3.05) is 6.61 Å². The Morgan fingerprint density at radius 2 is 2.05 bits per heavy atom.